The molecule has 0 aliphatic carbocycles. The van der Waals surface area contributed by atoms with Crippen LogP contribution >= 0.6 is 0 Å². The number of aromatic nitrogens is 2. The van der Waals surface area contributed by atoms with Crippen molar-refractivity contribution in [3.8, 4) is 6.07 Å². The highest BCUT2D eigenvalue weighted by atomic mass is 16.1. The zero-order valence-corrected chi connectivity index (χ0v) is 13.3. The number of carbonyl (C=O) groups excluding carboxylic acids is 1. The smallest absolute Gasteiger partial charge is 0.276 e. The molecule has 2 N–H and O–H groups in total. The van der Waals surface area contributed by atoms with Gasteiger partial charge in [-0.25, -0.2) is 0 Å². The number of hydrogen-bond acceptors (Lipinski definition) is 5. The van der Waals surface area contributed by atoms with Gasteiger partial charge in [-0.15, -0.1) is 10.2 Å². The van der Waals surface area contributed by atoms with Gasteiger partial charge in [-0.05, 0) is 29.8 Å². The molecule has 0 fully saturated rings. The van der Waals surface area contributed by atoms with Crippen LogP contribution in [-0.2, 0) is 6.54 Å². The largest absolute Gasteiger partial charge is 0.365 e. The van der Waals surface area contributed by atoms with Crippen molar-refractivity contribution < 1.29 is 4.79 Å². The fraction of sp³-hybridized carbons (Fsp3) is 0.0526. The number of benzene rings is 2. The number of amides is 1. The Balaban J connectivity index is 1.63. The Labute approximate surface area is 145 Å². The molecule has 3 rings (SSSR count). The average molecular weight is 329 g/mol. The van der Waals surface area contributed by atoms with Crippen LogP contribution in [0.1, 0.15) is 21.6 Å². The summed E-state index contributed by atoms with van der Waals surface area (Å²) in [5.41, 5.74) is 2.14. The maximum atomic E-state index is 12.2. The van der Waals surface area contributed by atoms with Gasteiger partial charge in [0.2, 0.25) is 0 Å². The molecule has 0 aliphatic rings. The number of hydrogen-bond donors (Lipinski definition) is 2. The fourth-order valence-corrected chi connectivity index (χ4v) is 2.21. The third-order valence-corrected chi connectivity index (χ3v) is 3.51. The predicted molar refractivity (Wildman–Crippen MR) is 94.9 cm³/mol. The van der Waals surface area contributed by atoms with Gasteiger partial charge in [-0.1, -0.05) is 42.5 Å². The van der Waals surface area contributed by atoms with E-state index in [1.54, 1.807) is 36.4 Å². The van der Waals surface area contributed by atoms with Crippen molar-refractivity contribution in [1.29, 1.82) is 5.26 Å². The van der Waals surface area contributed by atoms with Gasteiger partial charge in [0.15, 0.2) is 5.69 Å². The molecule has 1 heterocycles. The molecule has 0 bridgehead atoms. The lowest BCUT2D eigenvalue weighted by molar-refractivity contribution is 0.102. The molecule has 6 heteroatoms. The molecule has 0 atom stereocenters. The Hall–Kier alpha value is -3.72. The summed E-state index contributed by atoms with van der Waals surface area (Å²) in [5, 5.41) is 22.8. The number of rotatable bonds is 5. The third kappa shape index (κ3) is 4.18. The van der Waals surface area contributed by atoms with Crippen molar-refractivity contribution in [2.45, 2.75) is 6.54 Å². The normalized spacial score (nSPS) is 9.88. The fourth-order valence-electron chi connectivity index (χ4n) is 2.21. The summed E-state index contributed by atoms with van der Waals surface area (Å²) < 4.78 is 0. The highest BCUT2D eigenvalue weighted by Crippen LogP contribution is 2.14. The van der Waals surface area contributed by atoms with Crippen LogP contribution in [0.25, 0.3) is 0 Å². The molecular weight excluding hydrogens is 314 g/mol. The van der Waals surface area contributed by atoms with Crippen molar-refractivity contribution in [1.82, 2.24) is 10.2 Å². The van der Waals surface area contributed by atoms with Gasteiger partial charge in [-0.3, -0.25) is 4.79 Å². The first-order valence-electron chi connectivity index (χ1n) is 7.68. The Morgan fingerprint density at radius 2 is 1.72 bits per heavy atom. The number of nitriles is 1. The van der Waals surface area contributed by atoms with Crippen LogP contribution in [0.4, 0.5) is 11.5 Å². The van der Waals surface area contributed by atoms with E-state index in [4.69, 9.17) is 5.26 Å². The number of carbonyl (C=O) groups is 1. The van der Waals surface area contributed by atoms with Crippen molar-refractivity contribution >= 4 is 17.4 Å². The minimum atomic E-state index is -0.412. The van der Waals surface area contributed by atoms with Gasteiger partial charge < -0.3 is 10.6 Å². The van der Waals surface area contributed by atoms with E-state index in [0.717, 1.165) is 5.56 Å². The molecule has 0 saturated carbocycles. The first kappa shape index (κ1) is 16.1. The lowest BCUT2D eigenvalue weighted by Gasteiger charge is -2.07. The average Bonchev–Trinajstić information content (AvgIpc) is 2.68. The number of nitrogens with one attached hydrogen (secondary N) is 2. The highest BCUT2D eigenvalue weighted by molar-refractivity contribution is 6.03. The molecule has 0 spiro atoms. The third-order valence-electron chi connectivity index (χ3n) is 3.51. The van der Waals surface area contributed by atoms with Gasteiger partial charge in [0.25, 0.3) is 5.91 Å². The summed E-state index contributed by atoms with van der Waals surface area (Å²) in [6.07, 6.45) is 0. The Bertz CT molecular complexity index is 901. The van der Waals surface area contributed by atoms with Crippen LogP contribution in [0.3, 0.4) is 0 Å². The predicted octanol–water partition coefficient (Wildman–Crippen LogP) is 3.21. The van der Waals surface area contributed by atoms with Gasteiger partial charge in [0.05, 0.1) is 11.3 Å². The second kappa shape index (κ2) is 7.70. The summed E-state index contributed by atoms with van der Waals surface area (Å²) in [6.45, 7) is 0.622. The van der Waals surface area contributed by atoms with E-state index in [2.05, 4.69) is 20.8 Å². The SMILES string of the molecule is N#Cc1ccccc1NC(=O)c1ccc(NCc2ccccc2)nn1. The molecular formula is C19H15N5O. The van der Waals surface area contributed by atoms with Crippen molar-refractivity contribution in [3.63, 3.8) is 0 Å². The Morgan fingerprint density at radius 3 is 2.44 bits per heavy atom. The van der Waals surface area contributed by atoms with Gasteiger partial charge in [0, 0.05) is 6.54 Å². The molecule has 25 heavy (non-hydrogen) atoms. The molecule has 0 aliphatic heterocycles. The minimum absolute atomic E-state index is 0.179. The standard InChI is InChI=1S/C19H15N5O/c20-12-15-8-4-5-9-16(15)22-19(25)17-10-11-18(24-23-17)21-13-14-6-2-1-3-7-14/h1-11H,13H2,(H,21,24)(H,22,25). The van der Waals surface area contributed by atoms with E-state index in [-0.39, 0.29) is 5.69 Å². The Kier molecular flexibility index (Phi) is 4.98. The lowest BCUT2D eigenvalue weighted by Crippen LogP contribution is -2.15. The maximum Gasteiger partial charge on any atom is 0.276 e. The summed E-state index contributed by atoms with van der Waals surface area (Å²) in [7, 11) is 0. The zero-order valence-electron chi connectivity index (χ0n) is 13.3. The monoisotopic (exact) mass is 329 g/mol. The Morgan fingerprint density at radius 1 is 0.960 bits per heavy atom. The topological polar surface area (TPSA) is 90.7 Å². The van der Waals surface area contributed by atoms with E-state index in [9.17, 15) is 4.79 Å². The van der Waals surface area contributed by atoms with Crippen LogP contribution < -0.4 is 10.6 Å². The van der Waals surface area contributed by atoms with E-state index < -0.39 is 5.91 Å². The zero-order chi connectivity index (χ0) is 17.5. The molecule has 2 aromatic carbocycles. The second-order valence-electron chi connectivity index (χ2n) is 5.25. The molecule has 1 aromatic heterocycles. The summed E-state index contributed by atoms with van der Waals surface area (Å²) in [4.78, 5) is 12.2. The second-order valence-corrected chi connectivity index (χ2v) is 5.25. The molecule has 6 nitrogen and oxygen atoms in total. The lowest BCUT2D eigenvalue weighted by atomic mass is 10.2. The van der Waals surface area contributed by atoms with Gasteiger partial charge in [-0.2, -0.15) is 5.26 Å². The van der Waals surface area contributed by atoms with Crippen LogP contribution in [-0.4, -0.2) is 16.1 Å². The number of nitrogens with zero attached hydrogens (tertiary/aromatic N) is 3. The van der Waals surface area contributed by atoms with Crippen molar-refractivity contribution in [3.05, 3.63) is 83.6 Å². The van der Waals surface area contributed by atoms with E-state index in [1.165, 1.54) is 0 Å². The summed E-state index contributed by atoms with van der Waals surface area (Å²) in [6, 6.07) is 22.0. The van der Waals surface area contributed by atoms with Crippen LogP contribution in [0.15, 0.2) is 66.7 Å². The molecule has 1 amide bonds. The van der Waals surface area contributed by atoms with E-state index in [1.807, 2.05) is 36.4 Å². The van der Waals surface area contributed by atoms with Gasteiger partial charge >= 0.3 is 0 Å². The van der Waals surface area contributed by atoms with Crippen LogP contribution in [0.5, 0.6) is 0 Å². The van der Waals surface area contributed by atoms with E-state index >= 15 is 0 Å². The molecule has 0 unspecified atom stereocenters. The summed E-state index contributed by atoms with van der Waals surface area (Å²) >= 11 is 0. The molecule has 0 radical (unpaired) electrons. The van der Waals surface area contributed by atoms with Crippen LogP contribution in [0.2, 0.25) is 0 Å². The number of para-hydroxylation sites is 1. The van der Waals surface area contributed by atoms with E-state index in [0.29, 0.717) is 23.6 Å². The minimum Gasteiger partial charge on any atom is -0.365 e. The maximum absolute atomic E-state index is 12.2. The van der Waals surface area contributed by atoms with Gasteiger partial charge in [0.1, 0.15) is 11.9 Å². The first-order chi connectivity index (χ1) is 12.3. The van der Waals surface area contributed by atoms with Crippen molar-refractivity contribution in [2.75, 3.05) is 10.6 Å². The van der Waals surface area contributed by atoms with Crippen LogP contribution in [0, 0.1) is 11.3 Å². The highest BCUT2D eigenvalue weighted by Gasteiger charge is 2.11. The molecule has 122 valence electrons. The first-order valence-corrected chi connectivity index (χ1v) is 7.68. The summed E-state index contributed by atoms with van der Waals surface area (Å²) in [5.74, 6) is 0.169. The quantitative estimate of drug-likeness (QED) is 0.750. The molecule has 3 aromatic rings. The van der Waals surface area contributed by atoms with Crippen molar-refractivity contribution in [2.24, 2.45) is 0 Å². The molecule has 0 saturated heterocycles. The number of anilines is 2.